The van der Waals surface area contributed by atoms with Crippen LogP contribution in [0.15, 0.2) is 77.3 Å². The fraction of sp³-hybridized carbons (Fsp3) is 0.345. The smallest absolute Gasteiger partial charge is 0.378 e. The molecular weight excluding hydrogens is 559 g/mol. The number of nitrogens with zero attached hydrogens (tertiary/aromatic N) is 1. The van der Waals surface area contributed by atoms with Crippen LogP contribution in [0.5, 0.6) is 0 Å². The van der Waals surface area contributed by atoms with Crippen molar-refractivity contribution >= 4 is 27.5 Å². The van der Waals surface area contributed by atoms with Gasteiger partial charge in [-0.15, -0.1) is 0 Å². The minimum absolute atomic E-state index is 0.0604. The van der Waals surface area contributed by atoms with Gasteiger partial charge in [0.1, 0.15) is 0 Å². The Balaban J connectivity index is 1.43. The molecule has 3 aromatic rings. The molecule has 5 nitrogen and oxygen atoms in total. The Morgan fingerprint density at radius 1 is 1.05 bits per heavy atom. The molecule has 0 radical (unpaired) electrons. The van der Waals surface area contributed by atoms with Gasteiger partial charge in [-0.1, -0.05) is 46.3 Å². The Hall–Kier alpha value is -2.88. The molecule has 1 fully saturated rings. The molecule has 38 heavy (non-hydrogen) atoms. The van der Waals surface area contributed by atoms with Crippen LogP contribution in [0.3, 0.4) is 0 Å². The Labute approximate surface area is 228 Å². The lowest BCUT2D eigenvalue weighted by molar-refractivity contribution is -0.138. The van der Waals surface area contributed by atoms with Crippen LogP contribution in [0.1, 0.15) is 52.0 Å². The predicted molar refractivity (Wildman–Crippen MR) is 144 cm³/mol. The zero-order valence-corrected chi connectivity index (χ0v) is 22.2. The summed E-state index contributed by atoms with van der Waals surface area (Å²) in [5.41, 5.74) is 7.88. The van der Waals surface area contributed by atoms with Gasteiger partial charge in [0.15, 0.2) is 0 Å². The van der Waals surface area contributed by atoms with E-state index in [1.54, 1.807) is 17.0 Å². The molecule has 9 heteroatoms. The molecule has 200 valence electrons. The van der Waals surface area contributed by atoms with Gasteiger partial charge in [-0.3, -0.25) is 4.79 Å². The molecule has 3 N–H and O–H groups in total. The van der Waals surface area contributed by atoms with Crippen LogP contribution in [0.25, 0.3) is 0 Å². The number of halogens is 4. The van der Waals surface area contributed by atoms with Crippen LogP contribution in [0.2, 0.25) is 0 Å². The first-order valence-corrected chi connectivity index (χ1v) is 13.5. The lowest BCUT2D eigenvalue weighted by Crippen LogP contribution is -2.45. The molecule has 3 aromatic carbocycles. The first-order valence-electron chi connectivity index (χ1n) is 12.7. The summed E-state index contributed by atoms with van der Waals surface area (Å²) >= 11 is 3.39. The monoisotopic (exact) mass is 587 g/mol. The lowest BCUT2D eigenvalue weighted by Gasteiger charge is -2.46. The van der Waals surface area contributed by atoms with Gasteiger partial charge in [0.25, 0.3) is 5.91 Å². The quantitative estimate of drug-likeness (QED) is 0.342. The Morgan fingerprint density at radius 2 is 1.79 bits per heavy atom. The SMILES string of the molecule is NCCN(C[C@H]1CC[C@@H]2[C@H](O1)c1cc(C(F)(F)F)ccc1N[C@H]2c1ccccc1)C(=O)c1ccc(Br)cc1. The van der Waals surface area contributed by atoms with Gasteiger partial charge in [-0.2, -0.15) is 13.2 Å². The number of hydrogen-bond donors (Lipinski definition) is 2. The van der Waals surface area contributed by atoms with Gasteiger partial charge >= 0.3 is 6.18 Å². The predicted octanol–water partition coefficient (Wildman–Crippen LogP) is 6.57. The summed E-state index contributed by atoms with van der Waals surface area (Å²) in [7, 11) is 0. The molecule has 1 amide bonds. The van der Waals surface area contributed by atoms with Gasteiger partial charge in [0, 0.05) is 46.8 Å². The fourth-order valence-corrected chi connectivity index (χ4v) is 5.77. The summed E-state index contributed by atoms with van der Waals surface area (Å²) in [6, 6.07) is 20.7. The van der Waals surface area contributed by atoms with Crippen molar-refractivity contribution in [3.05, 3.63) is 99.5 Å². The highest BCUT2D eigenvalue weighted by molar-refractivity contribution is 9.10. The van der Waals surface area contributed by atoms with Crippen LogP contribution in [-0.4, -0.2) is 36.5 Å². The van der Waals surface area contributed by atoms with Gasteiger partial charge < -0.3 is 20.7 Å². The van der Waals surface area contributed by atoms with Gasteiger partial charge in [0.2, 0.25) is 0 Å². The molecule has 2 aliphatic heterocycles. The molecule has 2 heterocycles. The maximum Gasteiger partial charge on any atom is 0.416 e. The molecule has 0 spiro atoms. The molecule has 0 bridgehead atoms. The Bertz CT molecular complexity index is 1270. The number of nitrogens with two attached hydrogens (primary N) is 1. The summed E-state index contributed by atoms with van der Waals surface area (Å²) in [5, 5.41) is 3.48. The Kier molecular flexibility index (Phi) is 7.79. The molecule has 5 rings (SSSR count). The van der Waals surface area contributed by atoms with E-state index in [-0.39, 0.29) is 24.0 Å². The van der Waals surface area contributed by atoms with Crippen LogP contribution in [0.4, 0.5) is 18.9 Å². The van der Waals surface area contributed by atoms with Crippen LogP contribution in [-0.2, 0) is 10.9 Å². The van der Waals surface area contributed by atoms with E-state index in [2.05, 4.69) is 21.2 Å². The standard InChI is InChI=1S/C29H29BrF3N3O2/c30-21-9-6-19(7-10-21)28(37)36(15-14-34)17-22-11-12-23-26(18-4-2-1-3-5-18)35-25-13-8-20(29(31,32)33)16-24(25)27(23)38-22/h1-10,13,16,22-23,26-27,35H,11-12,14-15,17,34H2/t22-,23+,26+,27+/m1/s1. The third kappa shape index (κ3) is 5.60. The van der Waals surface area contributed by atoms with Crippen molar-refractivity contribution in [3.63, 3.8) is 0 Å². The second kappa shape index (κ2) is 11.1. The molecule has 0 unspecified atom stereocenters. The van der Waals surface area contributed by atoms with Crippen LogP contribution >= 0.6 is 15.9 Å². The van der Waals surface area contributed by atoms with Gasteiger partial charge in [-0.05, 0) is 60.9 Å². The van der Waals surface area contributed by atoms with E-state index in [4.69, 9.17) is 10.5 Å². The van der Waals surface area contributed by atoms with Crippen molar-refractivity contribution in [3.8, 4) is 0 Å². The summed E-state index contributed by atoms with van der Waals surface area (Å²) in [6.07, 6.45) is -3.92. The summed E-state index contributed by atoms with van der Waals surface area (Å²) in [4.78, 5) is 14.9. The summed E-state index contributed by atoms with van der Waals surface area (Å²) < 4.78 is 48.3. The lowest BCUT2D eigenvalue weighted by atomic mass is 9.76. The number of benzene rings is 3. The normalized spacial score (nSPS) is 22.7. The van der Waals surface area contributed by atoms with Crippen molar-refractivity contribution in [2.75, 3.05) is 25.0 Å². The number of hydrogen-bond acceptors (Lipinski definition) is 4. The maximum atomic E-state index is 13.6. The molecule has 2 aliphatic rings. The van der Waals surface area contributed by atoms with Crippen LogP contribution < -0.4 is 11.1 Å². The highest BCUT2D eigenvalue weighted by atomic mass is 79.9. The topological polar surface area (TPSA) is 67.6 Å². The van der Waals surface area contributed by atoms with Crippen molar-refractivity contribution in [1.29, 1.82) is 0 Å². The molecule has 0 saturated carbocycles. The van der Waals surface area contributed by atoms with Crippen molar-refractivity contribution in [1.82, 2.24) is 4.90 Å². The van der Waals surface area contributed by atoms with E-state index in [0.29, 0.717) is 42.9 Å². The first kappa shape index (κ1) is 26.7. The second-order valence-corrected chi connectivity index (χ2v) is 10.7. The van der Waals surface area contributed by atoms with Crippen molar-refractivity contribution in [2.24, 2.45) is 11.7 Å². The fourth-order valence-electron chi connectivity index (χ4n) is 5.51. The maximum absolute atomic E-state index is 13.6. The number of amides is 1. The van der Waals surface area contributed by atoms with E-state index in [1.807, 2.05) is 42.5 Å². The highest BCUT2D eigenvalue weighted by Crippen LogP contribution is 2.51. The number of carbonyl (C=O) groups is 1. The van der Waals surface area contributed by atoms with Crippen LogP contribution in [0, 0.1) is 5.92 Å². The van der Waals surface area contributed by atoms with Gasteiger partial charge in [-0.25, -0.2) is 0 Å². The zero-order chi connectivity index (χ0) is 26.9. The zero-order valence-electron chi connectivity index (χ0n) is 20.6. The van der Waals surface area contributed by atoms with E-state index in [1.165, 1.54) is 12.1 Å². The molecule has 0 aliphatic carbocycles. The summed E-state index contributed by atoms with van der Waals surface area (Å²) in [5.74, 6) is -0.212. The van der Waals surface area contributed by atoms with E-state index < -0.39 is 17.8 Å². The summed E-state index contributed by atoms with van der Waals surface area (Å²) in [6.45, 7) is 0.956. The van der Waals surface area contributed by atoms with E-state index >= 15 is 0 Å². The number of ether oxygens (including phenoxy) is 1. The second-order valence-electron chi connectivity index (χ2n) is 9.80. The molecule has 1 saturated heterocycles. The minimum Gasteiger partial charge on any atom is -0.378 e. The van der Waals surface area contributed by atoms with E-state index in [0.717, 1.165) is 22.5 Å². The number of anilines is 1. The average Bonchev–Trinajstić information content (AvgIpc) is 2.92. The highest BCUT2D eigenvalue weighted by Gasteiger charge is 2.44. The largest absolute Gasteiger partial charge is 0.416 e. The number of carbonyl (C=O) groups excluding carboxylic acids is 1. The average molecular weight is 588 g/mol. The number of rotatable bonds is 6. The van der Waals surface area contributed by atoms with E-state index in [9.17, 15) is 18.0 Å². The Morgan fingerprint density at radius 3 is 2.47 bits per heavy atom. The molecule has 0 aromatic heterocycles. The molecule has 4 atom stereocenters. The first-order chi connectivity index (χ1) is 18.2. The van der Waals surface area contributed by atoms with Gasteiger partial charge in [0.05, 0.1) is 23.8 Å². The number of fused-ring (bicyclic) bond motifs is 3. The third-order valence-corrected chi connectivity index (χ3v) is 7.86. The van der Waals surface area contributed by atoms with Crippen molar-refractivity contribution in [2.45, 2.75) is 37.3 Å². The van der Waals surface area contributed by atoms with Crippen molar-refractivity contribution < 1.29 is 22.7 Å². The third-order valence-electron chi connectivity index (χ3n) is 7.33. The molecular formula is C29H29BrF3N3O2. The minimum atomic E-state index is -4.45. The number of alkyl halides is 3. The number of nitrogens with one attached hydrogen (secondary N) is 1.